The summed E-state index contributed by atoms with van der Waals surface area (Å²) < 4.78 is 37.6. The highest BCUT2D eigenvalue weighted by molar-refractivity contribution is 7.89. The van der Waals surface area contributed by atoms with Crippen molar-refractivity contribution in [3.8, 4) is 22.9 Å². The maximum Gasteiger partial charge on any atom is 0.242 e. The van der Waals surface area contributed by atoms with Crippen molar-refractivity contribution in [2.75, 3.05) is 20.3 Å². The average Bonchev–Trinajstić information content (AvgIpc) is 2.73. The molecule has 0 atom stereocenters. The molecule has 0 saturated heterocycles. The van der Waals surface area contributed by atoms with Crippen LogP contribution in [0, 0.1) is 0 Å². The van der Waals surface area contributed by atoms with E-state index in [1.807, 2.05) is 24.3 Å². The largest absolute Gasteiger partial charge is 0.497 e. The maximum absolute atomic E-state index is 12.3. The summed E-state index contributed by atoms with van der Waals surface area (Å²) in [6, 6.07) is 15.2. The normalized spacial score (nSPS) is 11.3. The van der Waals surface area contributed by atoms with Crippen LogP contribution in [0.5, 0.6) is 11.6 Å². The number of aromatic nitrogens is 2. The molecule has 0 unspecified atom stereocenters. The van der Waals surface area contributed by atoms with E-state index in [0.717, 1.165) is 11.3 Å². The number of hydrogen-bond acceptors (Lipinski definition) is 6. The van der Waals surface area contributed by atoms with Crippen molar-refractivity contribution in [3.05, 3.63) is 64.6 Å². The van der Waals surface area contributed by atoms with Crippen molar-refractivity contribution in [3.63, 3.8) is 0 Å². The molecule has 10 heteroatoms. The smallest absolute Gasteiger partial charge is 0.242 e. The van der Waals surface area contributed by atoms with Gasteiger partial charge in [-0.05, 0) is 42.5 Å². The number of hydrogen-bond donors (Lipinski definition) is 1. The van der Waals surface area contributed by atoms with Gasteiger partial charge in [0.25, 0.3) is 0 Å². The van der Waals surface area contributed by atoms with Crippen LogP contribution in [0.3, 0.4) is 0 Å². The summed E-state index contributed by atoms with van der Waals surface area (Å²) in [5.41, 5.74) is 1.56. The first kappa shape index (κ1) is 21.3. The van der Waals surface area contributed by atoms with E-state index in [-0.39, 0.29) is 34.0 Å². The number of nitrogens with zero attached hydrogens (tertiary/aromatic N) is 2. The molecule has 3 aromatic rings. The molecule has 7 nitrogen and oxygen atoms in total. The van der Waals surface area contributed by atoms with Crippen LogP contribution in [-0.2, 0) is 10.0 Å². The molecule has 3 rings (SSSR count). The SMILES string of the molecule is COc1ccc(-c2ccc(OCCNS(=O)(=O)c3cccc(Cl)c3Cl)nn2)cc1. The van der Waals surface area contributed by atoms with Gasteiger partial charge in [-0.25, -0.2) is 13.1 Å². The topological polar surface area (TPSA) is 90.4 Å². The summed E-state index contributed by atoms with van der Waals surface area (Å²) in [6.07, 6.45) is 0. The van der Waals surface area contributed by atoms with E-state index >= 15 is 0 Å². The van der Waals surface area contributed by atoms with Gasteiger partial charge in [0.2, 0.25) is 15.9 Å². The molecule has 0 amide bonds. The minimum atomic E-state index is -3.81. The predicted molar refractivity (Wildman–Crippen MR) is 111 cm³/mol. The van der Waals surface area contributed by atoms with Crippen molar-refractivity contribution in [1.29, 1.82) is 0 Å². The number of nitrogens with one attached hydrogen (secondary N) is 1. The first-order chi connectivity index (χ1) is 13.9. The van der Waals surface area contributed by atoms with Crippen molar-refractivity contribution in [2.45, 2.75) is 4.90 Å². The van der Waals surface area contributed by atoms with Crippen molar-refractivity contribution in [1.82, 2.24) is 14.9 Å². The van der Waals surface area contributed by atoms with Crippen LogP contribution < -0.4 is 14.2 Å². The second-order valence-corrected chi connectivity index (χ2v) is 8.30. The van der Waals surface area contributed by atoms with Gasteiger partial charge in [-0.3, -0.25) is 0 Å². The average molecular weight is 454 g/mol. The van der Waals surface area contributed by atoms with Crippen LogP contribution >= 0.6 is 23.2 Å². The summed E-state index contributed by atoms with van der Waals surface area (Å²) in [7, 11) is -2.21. The number of methoxy groups -OCH3 is 1. The Morgan fingerprint density at radius 3 is 2.41 bits per heavy atom. The summed E-state index contributed by atoms with van der Waals surface area (Å²) in [5, 5.41) is 8.25. The molecule has 152 valence electrons. The minimum Gasteiger partial charge on any atom is -0.497 e. The lowest BCUT2D eigenvalue weighted by atomic mass is 10.1. The second kappa shape index (κ2) is 9.41. The Balaban J connectivity index is 1.54. The van der Waals surface area contributed by atoms with E-state index in [2.05, 4.69) is 14.9 Å². The Hall–Kier alpha value is -2.39. The first-order valence-electron chi connectivity index (χ1n) is 8.45. The molecule has 0 bridgehead atoms. The molecule has 1 aromatic heterocycles. The summed E-state index contributed by atoms with van der Waals surface area (Å²) in [6.45, 7) is 0.0844. The molecular weight excluding hydrogens is 437 g/mol. The van der Waals surface area contributed by atoms with Crippen LogP contribution in [0.15, 0.2) is 59.5 Å². The van der Waals surface area contributed by atoms with Gasteiger partial charge in [-0.15, -0.1) is 10.2 Å². The Labute approximate surface area is 178 Å². The Morgan fingerprint density at radius 1 is 1.00 bits per heavy atom. The lowest BCUT2D eigenvalue weighted by Crippen LogP contribution is -2.28. The third kappa shape index (κ3) is 5.36. The molecule has 2 aromatic carbocycles. The lowest BCUT2D eigenvalue weighted by Gasteiger charge is -2.10. The third-order valence-corrected chi connectivity index (χ3v) is 6.31. The van der Waals surface area contributed by atoms with Gasteiger partial charge in [-0.1, -0.05) is 29.3 Å². The number of sulfonamides is 1. The zero-order valence-electron chi connectivity index (χ0n) is 15.3. The van der Waals surface area contributed by atoms with Gasteiger partial charge in [0.05, 0.1) is 22.8 Å². The Bertz CT molecular complexity index is 1080. The molecular formula is C19H17Cl2N3O4S. The fraction of sp³-hybridized carbons (Fsp3) is 0.158. The standard InChI is InChI=1S/C19H17Cl2N3O4S/c1-27-14-7-5-13(6-8-14)16-9-10-18(24-23-16)28-12-11-22-29(25,26)17-4-2-3-15(20)19(17)21/h2-10,22H,11-12H2,1H3. The summed E-state index contributed by atoms with van der Waals surface area (Å²) in [5.74, 6) is 1.03. The molecule has 29 heavy (non-hydrogen) atoms. The lowest BCUT2D eigenvalue weighted by molar-refractivity contribution is 0.307. The third-order valence-electron chi connectivity index (χ3n) is 3.88. The minimum absolute atomic E-state index is 0.0209. The Morgan fingerprint density at radius 2 is 1.76 bits per heavy atom. The molecule has 0 radical (unpaired) electrons. The highest BCUT2D eigenvalue weighted by Crippen LogP contribution is 2.28. The number of ether oxygens (including phenoxy) is 2. The zero-order valence-corrected chi connectivity index (χ0v) is 17.6. The fourth-order valence-corrected chi connectivity index (χ4v) is 4.19. The molecule has 0 aliphatic heterocycles. The van der Waals surface area contributed by atoms with Crippen LogP contribution in [0.25, 0.3) is 11.3 Å². The van der Waals surface area contributed by atoms with Crippen molar-refractivity contribution < 1.29 is 17.9 Å². The van der Waals surface area contributed by atoms with E-state index in [4.69, 9.17) is 32.7 Å². The highest BCUT2D eigenvalue weighted by Gasteiger charge is 2.18. The molecule has 0 aliphatic rings. The fourth-order valence-electron chi connectivity index (χ4n) is 2.41. The number of halogens is 2. The molecule has 0 fully saturated rings. The van der Waals surface area contributed by atoms with Crippen molar-refractivity contribution in [2.24, 2.45) is 0 Å². The molecule has 0 saturated carbocycles. The van der Waals surface area contributed by atoms with Crippen LogP contribution in [0.4, 0.5) is 0 Å². The van der Waals surface area contributed by atoms with E-state index in [1.54, 1.807) is 19.2 Å². The van der Waals surface area contributed by atoms with E-state index in [1.165, 1.54) is 18.2 Å². The number of rotatable bonds is 8. The van der Waals surface area contributed by atoms with E-state index < -0.39 is 10.0 Å². The molecule has 0 aliphatic carbocycles. The number of benzene rings is 2. The maximum atomic E-state index is 12.3. The predicted octanol–water partition coefficient (Wildman–Crippen LogP) is 3.82. The van der Waals surface area contributed by atoms with E-state index in [9.17, 15) is 8.42 Å². The van der Waals surface area contributed by atoms with Gasteiger partial charge < -0.3 is 9.47 Å². The van der Waals surface area contributed by atoms with Gasteiger partial charge in [0, 0.05) is 18.2 Å². The first-order valence-corrected chi connectivity index (χ1v) is 10.7. The molecule has 0 spiro atoms. The van der Waals surface area contributed by atoms with E-state index in [0.29, 0.717) is 5.69 Å². The van der Waals surface area contributed by atoms with Crippen LogP contribution in [-0.4, -0.2) is 38.9 Å². The zero-order chi connectivity index (χ0) is 20.9. The van der Waals surface area contributed by atoms with Crippen LogP contribution in [0.2, 0.25) is 10.0 Å². The van der Waals surface area contributed by atoms with Gasteiger partial charge in [-0.2, -0.15) is 0 Å². The van der Waals surface area contributed by atoms with Gasteiger partial charge >= 0.3 is 0 Å². The highest BCUT2D eigenvalue weighted by atomic mass is 35.5. The van der Waals surface area contributed by atoms with Crippen LogP contribution in [0.1, 0.15) is 0 Å². The monoisotopic (exact) mass is 453 g/mol. The molecule has 1 heterocycles. The van der Waals surface area contributed by atoms with Gasteiger partial charge in [0.15, 0.2) is 0 Å². The summed E-state index contributed by atoms with van der Waals surface area (Å²) >= 11 is 11.8. The summed E-state index contributed by atoms with van der Waals surface area (Å²) in [4.78, 5) is -0.0877. The Kier molecular flexibility index (Phi) is 6.92. The van der Waals surface area contributed by atoms with Gasteiger partial charge in [0.1, 0.15) is 17.3 Å². The van der Waals surface area contributed by atoms with Crippen molar-refractivity contribution >= 4 is 33.2 Å². The molecule has 1 N–H and O–H groups in total. The second-order valence-electron chi connectivity index (χ2n) is 5.78. The quantitative estimate of drug-likeness (QED) is 0.521.